The van der Waals surface area contributed by atoms with Gasteiger partial charge in [-0.15, -0.1) is 0 Å². The van der Waals surface area contributed by atoms with Crippen LogP contribution in [0.25, 0.3) is 0 Å². The summed E-state index contributed by atoms with van der Waals surface area (Å²) in [6, 6.07) is 2.97. The van der Waals surface area contributed by atoms with E-state index in [9.17, 15) is 9.50 Å². The lowest BCUT2D eigenvalue weighted by Gasteiger charge is -2.12. The lowest BCUT2D eigenvalue weighted by Crippen LogP contribution is -2.01. The van der Waals surface area contributed by atoms with Crippen LogP contribution in [0.4, 0.5) is 4.39 Å². The standard InChI is InChI=1S/C10H13FO3/c1-6(5-12)7-3-4-8(14-2)9(11)10(7)13/h3-4,6,12-13H,5H2,1-2H3. The summed E-state index contributed by atoms with van der Waals surface area (Å²) in [6.07, 6.45) is 0. The Kier molecular flexibility index (Phi) is 3.30. The molecule has 4 heteroatoms. The number of phenolic OH excluding ortho intramolecular Hbond substituents is 1. The average Bonchev–Trinajstić information content (AvgIpc) is 2.21. The fourth-order valence-electron chi connectivity index (χ4n) is 1.21. The van der Waals surface area contributed by atoms with Crippen LogP contribution >= 0.6 is 0 Å². The summed E-state index contributed by atoms with van der Waals surface area (Å²) in [5.74, 6) is -1.54. The average molecular weight is 200 g/mol. The van der Waals surface area contributed by atoms with Crippen LogP contribution in [0.2, 0.25) is 0 Å². The van der Waals surface area contributed by atoms with Gasteiger partial charge in [0.15, 0.2) is 11.5 Å². The molecule has 1 unspecified atom stereocenters. The highest BCUT2D eigenvalue weighted by Crippen LogP contribution is 2.33. The second kappa shape index (κ2) is 4.28. The second-order valence-electron chi connectivity index (χ2n) is 3.10. The van der Waals surface area contributed by atoms with Crippen LogP contribution in [-0.2, 0) is 0 Å². The molecule has 0 bridgehead atoms. The van der Waals surface area contributed by atoms with Gasteiger partial charge < -0.3 is 14.9 Å². The predicted molar refractivity (Wildman–Crippen MR) is 50.1 cm³/mol. The molecule has 0 saturated carbocycles. The second-order valence-corrected chi connectivity index (χ2v) is 3.10. The molecule has 78 valence electrons. The van der Waals surface area contributed by atoms with Gasteiger partial charge in [0.05, 0.1) is 7.11 Å². The third-order valence-electron chi connectivity index (χ3n) is 2.14. The Labute approximate surface area is 81.8 Å². The van der Waals surface area contributed by atoms with E-state index in [1.54, 1.807) is 6.92 Å². The Hall–Kier alpha value is -1.29. The number of phenols is 1. The summed E-state index contributed by atoms with van der Waals surface area (Å²) in [5, 5.41) is 18.3. The molecule has 2 N–H and O–H groups in total. The highest BCUT2D eigenvalue weighted by molar-refractivity contribution is 5.43. The van der Waals surface area contributed by atoms with E-state index in [0.717, 1.165) is 0 Å². The lowest BCUT2D eigenvalue weighted by atomic mass is 10.0. The molecular weight excluding hydrogens is 187 g/mol. The molecule has 0 saturated heterocycles. The molecule has 0 radical (unpaired) electrons. The van der Waals surface area contributed by atoms with Crippen LogP contribution in [0.15, 0.2) is 12.1 Å². The van der Waals surface area contributed by atoms with E-state index < -0.39 is 11.6 Å². The normalized spacial score (nSPS) is 12.6. The Bertz CT molecular complexity index is 325. The highest BCUT2D eigenvalue weighted by atomic mass is 19.1. The molecule has 0 amide bonds. The molecule has 1 aromatic carbocycles. The van der Waals surface area contributed by atoms with Crippen molar-refractivity contribution in [1.82, 2.24) is 0 Å². The van der Waals surface area contributed by atoms with E-state index in [4.69, 9.17) is 9.84 Å². The number of hydrogen-bond acceptors (Lipinski definition) is 3. The summed E-state index contributed by atoms with van der Waals surface area (Å²) in [5.41, 5.74) is 0.380. The minimum atomic E-state index is -0.787. The molecule has 0 spiro atoms. The van der Waals surface area contributed by atoms with Gasteiger partial charge in [0.2, 0.25) is 5.82 Å². The number of aromatic hydroxyl groups is 1. The van der Waals surface area contributed by atoms with Crippen molar-refractivity contribution < 1.29 is 19.3 Å². The first-order valence-corrected chi connectivity index (χ1v) is 4.28. The molecule has 1 atom stereocenters. The fraction of sp³-hybridized carbons (Fsp3) is 0.400. The third-order valence-corrected chi connectivity index (χ3v) is 2.14. The van der Waals surface area contributed by atoms with E-state index in [2.05, 4.69) is 0 Å². The van der Waals surface area contributed by atoms with Crippen molar-refractivity contribution in [2.24, 2.45) is 0 Å². The molecule has 0 heterocycles. The zero-order valence-corrected chi connectivity index (χ0v) is 8.12. The predicted octanol–water partition coefficient (Wildman–Crippen LogP) is 1.64. The van der Waals surface area contributed by atoms with Crippen molar-refractivity contribution in [3.05, 3.63) is 23.5 Å². The molecule has 0 fully saturated rings. The number of hydrogen-bond donors (Lipinski definition) is 2. The minimum Gasteiger partial charge on any atom is -0.505 e. The topological polar surface area (TPSA) is 49.7 Å². The first-order chi connectivity index (χ1) is 6.61. The molecule has 14 heavy (non-hydrogen) atoms. The largest absolute Gasteiger partial charge is 0.505 e. The van der Waals surface area contributed by atoms with Gasteiger partial charge in [0.1, 0.15) is 0 Å². The van der Waals surface area contributed by atoms with E-state index in [1.165, 1.54) is 19.2 Å². The number of ether oxygens (including phenoxy) is 1. The van der Waals surface area contributed by atoms with Gasteiger partial charge in [-0.2, -0.15) is 4.39 Å². The molecule has 0 aliphatic heterocycles. The summed E-state index contributed by atoms with van der Waals surface area (Å²) in [6.45, 7) is 1.56. The molecular formula is C10H13FO3. The van der Waals surface area contributed by atoms with Gasteiger partial charge in [-0.3, -0.25) is 0 Å². The maximum absolute atomic E-state index is 13.3. The quantitative estimate of drug-likeness (QED) is 0.779. The first kappa shape index (κ1) is 10.8. The Morgan fingerprint density at radius 2 is 2.14 bits per heavy atom. The van der Waals surface area contributed by atoms with Gasteiger partial charge in [-0.05, 0) is 6.07 Å². The highest BCUT2D eigenvalue weighted by Gasteiger charge is 2.16. The first-order valence-electron chi connectivity index (χ1n) is 4.28. The molecule has 0 aliphatic carbocycles. The summed E-state index contributed by atoms with van der Waals surface area (Å²) in [4.78, 5) is 0. The van der Waals surface area contributed by atoms with Crippen LogP contribution in [0, 0.1) is 5.82 Å². The maximum atomic E-state index is 13.3. The van der Waals surface area contributed by atoms with E-state index >= 15 is 0 Å². The Balaban J connectivity index is 3.17. The van der Waals surface area contributed by atoms with Gasteiger partial charge in [-0.1, -0.05) is 13.0 Å². The number of benzene rings is 1. The third kappa shape index (κ3) is 1.80. The van der Waals surface area contributed by atoms with Gasteiger partial charge in [0.25, 0.3) is 0 Å². The Morgan fingerprint density at radius 3 is 2.64 bits per heavy atom. The molecule has 1 aromatic rings. The van der Waals surface area contributed by atoms with Crippen LogP contribution in [0.3, 0.4) is 0 Å². The maximum Gasteiger partial charge on any atom is 0.206 e. The number of halogens is 1. The van der Waals surface area contributed by atoms with Gasteiger partial charge in [-0.25, -0.2) is 0 Å². The Morgan fingerprint density at radius 1 is 1.50 bits per heavy atom. The van der Waals surface area contributed by atoms with Crippen molar-refractivity contribution in [3.63, 3.8) is 0 Å². The van der Waals surface area contributed by atoms with Crippen LogP contribution in [0.5, 0.6) is 11.5 Å². The van der Waals surface area contributed by atoms with Crippen LogP contribution < -0.4 is 4.74 Å². The smallest absolute Gasteiger partial charge is 0.206 e. The lowest BCUT2D eigenvalue weighted by molar-refractivity contribution is 0.268. The van der Waals surface area contributed by atoms with E-state index in [-0.39, 0.29) is 18.3 Å². The van der Waals surface area contributed by atoms with Crippen molar-refractivity contribution in [2.75, 3.05) is 13.7 Å². The monoisotopic (exact) mass is 200 g/mol. The fourth-order valence-corrected chi connectivity index (χ4v) is 1.21. The summed E-state index contributed by atoms with van der Waals surface area (Å²) in [7, 11) is 1.33. The summed E-state index contributed by atoms with van der Waals surface area (Å²) >= 11 is 0. The zero-order chi connectivity index (χ0) is 10.7. The molecule has 3 nitrogen and oxygen atoms in total. The van der Waals surface area contributed by atoms with Gasteiger partial charge >= 0.3 is 0 Å². The SMILES string of the molecule is COc1ccc(C(C)CO)c(O)c1F. The van der Waals surface area contributed by atoms with E-state index in [1.807, 2.05) is 0 Å². The van der Waals surface area contributed by atoms with Crippen LogP contribution in [-0.4, -0.2) is 23.9 Å². The zero-order valence-electron chi connectivity index (χ0n) is 8.12. The molecule has 1 rings (SSSR count). The van der Waals surface area contributed by atoms with Crippen molar-refractivity contribution in [2.45, 2.75) is 12.8 Å². The molecule has 0 aromatic heterocycles. The summed E-state index contributed by atoms with van der Waals surface area (Å²) < 4.78 is 18.0. The van der Waals surface area contributed by atoms with Crippen molar-refractivity contribution >= 4 is 0 Å². The minimum absolute atomic E-state index is 0.00334. The van der Waals surface area contributed by atoms with E-state index in [0.29, 0.717) is 5.56 Å². The molecule has 0 aliphatic rings. The van der Waals surface area contributed by atoms with Crippen LogP contribution in [0.1, 0.15) is 18.4 Å². The van der Waals surface area contributed by atoms with Gasteiger partial charge in [0, 0.05) is 18.1 Å². The van der Waals surface area contributed by atoms with Crippen molar-refractivity contribution in [3.8, 4) is 11.5 Å². The number of rotatable bonds is 3. The van der Waals surface area contributed by atoms with Crippen molar-refractivity contribution in [1.29, 1.82) is 0 Å². The number of methoxy groups -OCH3 is 1. The number of aliphatic hydroxyl groups is 1. The number of aliphatic hydroxyl groups excluding tert-OH is 1.